The molecular formula is C14H21NO2. The molecule has 0 aliphatic carbocycles. The van der Waals surface area contributed by atoms with Gasteiger partial charge in [0.15, 0.2) is 0 Å². The lowest BCUT2D eigenvalue weighted by molar-refractivity contribution is -0.134. The molecule has 0 atom stereocenters. The number of carbonyl (C=O) groups is 1. The van der Waals surface area contributed by atoms with Gasteiger partial charge in [0.25, 0.3) is 0 Å². The predicted octanol–water partition coefficient (Wildman–Crippen LogP) is 3.32. The van der Waals surface area contributed by atoms with Crippen LogP contribution in [0.1, 0.15) is 43.9 Å². The number of esters is 1. The summed E-state index contributed by atoms with van der Waals surface area (Å²) in [6.07, 6.45) is 11.2. The van der Waals surface area contributed by atoms with Crippen LogP contribution in [0.15, 0.2) is 18.3 Å². The number of ether oxygens (including phenoxy) is 1. The number of unbranched alkanes of at least 4 members (excludes halogenated alkanes) is 3. The zero-order chi connectivity index (χ0) is 12.5. The van der Waals surface area contributed by atoms with Gasteiger partial charge in [-0.25, -0.2) is 4.79 Å². The maximum Gasteiger partial charge on any atom is 0.330 e. The first kappa shape index (κ1) is 13.6. The smallest absolute Gasteiger partial charge is 0.330 e. The first-order valence-electron chi connectivity index (χ1n) is 6.19. The molecule has 0 unspecified atom stereocenters. The van der Waals surface area contributed by atoms with E-state index in [1.165, 1.54) is 44.6 Å². The SMILES string of the molecule is CCCCCCc1cc(C=CC(=O)OC)c[nH]1. The van der Waals surface area contributed by atoms with E-state index in [1.54, 1.807) is 6.08 Å². The first-order valence-corrected chi connectivity index (χ1v) is 6.19. The number of aryl methyl sites for hydroxylation is 1. The second-order valence-electron chi connectivity index (χ2n) is 4.13. The molecule has 1 rings (SSSR count). The minimum atomic E-state index is -0.323. The van der Waals surface area contributed by atoms with Crippen LogP contribution in [-0.4, -0.2) is 18.1 Å². The maximum atomic E-state index is 10.9. The van der Waals surface area contributed by atoms with Gasteiger partial charge in [0.1, 0.15) is 0 Å². The lowest BCUT2D eigenvalue weighted by atomic mass is 10.1. The zero-order valence-corrected chi connectivity index (χ0v) is 10.7. The number of aromatic nitrogens is 1. The molecular weight excluding hydrogens is 214 g/mol. The van der Waals surface area contributed by atoms with E-state index >= 15 is 0 Å². The monoisotopic (exact) mass is 235 g/mol. The number of hydrogen-bond donors (Lipinski definition) is 1. The molecule has 17 heavy (non-hydrogen) atoms. The molecule has 1 aromatic rings. The van der Waals surface area contributed by atoms with Crippen molar-refractivity contribution in [2.24, 2.45) is 0 Å². The molecule has 0 saturated carbocycles. The summed E-state index contributed by atoms with van der Waals surface area (Å²) in [5, 5.41) is 0. The molecule has 1 heterocycles. The molecule has 0 amide bonds. The number of rotatable bonds is 7. The molecule has 94 valence electrons. The van der Waals surface area contributed by atoms with Gasteiger partial charge in [-0.1, -0.05) is 26.2 Å². The second-order valence-corrected chi connectivity index (χ2v) is 4.13. The third-order valence-corrected chi connectivity index (χ3v) is 2.68. The Hall–Kier alpha value is -1.51. The van der Waals surface area contributed by atoms with Crippen molar-refractivity contribution in [2.45, 2.75) is 39.0 Å². The fourth-order valence-corrected chi connectivity index (χ4v) is 1.68. The summed E-state index contributed by atoms with van der Waals surface area (Å²) in [4.78, 5) is 14.1. The molecule has 0 fully saturated rings. The van der Waals surface area contributed by atoms with Crippen molar-refractivity contribution in [3.63, 3.8) is 0 Å². The lowest BCUT2D eigenvalue weighted by Gasteiger charge is -1.96. The highest BCUT2D eigenvalue weighted by molar-refractivity contribution is 5.86. The van der Waals surface area contributed by atoms with E-state index in [0.29, 0.717) is 0 Å². The van der Waals surface area contributed by atoms with Crippen LogP contribution in [0.4, 0.5) is 0 Å². The Morgan fingerprint density at radius 1 is 1.41 bits per heavy atom. The number of carbonyl (C=O) groups excluding carboxylic acids is 1. The molecule has 0 aliphatic heterocycles. The molecule has 1 aromatic heterocycles. The van der Waals surface area contributed by atoms with Gasteiger partial charge in [-0.15, -0.1) is 0 Å². The minimum absolute atomic E-state index is 0.323. The van der Waals surface area contributed by atoms with Gasteiger partial charge in [-0.05, 0) is 30.5 Å². The van der Waals surface area contributed by atoms with Crippen LogP contribution in [0.25, 0.3) is 6.08 Å². The summed E-state index contributed by atoms with van der Waals surface area (Å²) in [5.74, 6) is -0.323. The van der Waals surface area contributed by atoms with Gasteiger partial charge in [0.2, 0.25) is 0 Å². The fourth-order valence-electron chi connectivity index (χ4n) is 1.68. The van der Waals surface area contributed by atoms with Gasteiger partial charge < -0.3 is 9.72 Å². The third-order valence-electron chi connectivity index (χ3n) is 2.68. The van der Waals surface area contributed by atoms with Gasteiger partial charge in [-0.3, -0.25) is 0 Å². The topological polar surface area (TPSA) is 42.1 Å². The summed E-state index contributed by atoms with van der Waals surface area (Å²) < 4.78 is 4.53. The van der Waals surface area contributed by atoms with E-state index in [1.807, 2.05) is 6.20 Å². The first-order chi connectivity index (χ1) is 8.26. The Morgan fingerprint density at radius 3 is 2.94 bits per heavy atom. The molecule has 3 nitrogen and oxygen atoms in total. The van der Waals surface area contributed by atoms with E-state index in [-0.39, 0.29) is 5.97 Å². The quantitative estimate of drug-likeness (QED) is 0.447. The van der Waals surface area contributed by atoms with Gasteiger partial charge in [0, 0.05) is 18.0 Å². The van der Waals surface area contributed by atoms with Crippen LogP contribution in [0.5, 0.6) is 0 Å². The summed E-state index contributed by atoms with van der Waals surface area (Å²) in [6.45, 7) is 2.21. The maximum absolute atomic E-state index is 10.9. The predicted molar refractivity (Wildman–Crippen MR) is 69.7 cm³/mol. The largest absolute Gasteiger partial charge is 0.466 e. The lowest BCUT2D eigenvalue weighted by Crippen LogP contribution is -1.92. The molecule has 0 radical (unpaired) electrons. The van der Waals surface area contributed by atoms with Crippen LogP contribution < -0.4 is 0 Å². The van der Waals surface area contributed by atoms with E-state index in [2.05, 4.69) is 22.7 Å². The fraction of sp³-hybridized carbons (Fsp3) is 0.500. The molecule has 0 aromatic carbocycles. The summed E-state index contributed by atoms with van der Waals surface area (Å²) in [7, 11) is 1.38. The zero-order valence-electron chi connectivity index (χ0n) is 10.7. The van der Waals surface area contributed by atoms with E-state index in [9.17, 15) is 4.79 Å². The van der Waals surface area contributed by atoms with Gasteiger partial charge in [-0.2, -0.15) is 0 Å². The van der Waals surface area contributed by atoms with Crippen molar-refractivity contribution in [1.82, 2.24) is 4.98 Å². The molecule has 0 spiro atoms. The van der Waals surface area contributed by atoms with Crippen LogP contribution in [0, 0.1) is 0 Å². The molecule has 0 bridgehead atoms. The van der Waals surface area contributed by atoms with Crippen LogP contribution >= 0.6 is 0 Å². The number of aromatic amines is 1. The van der Waals surface area contributed by atoms with Crippen molar-refractivity contribution < 1.29 is 9.53 Å². The number of hydrogen-bond acceptors (Lipinski definition) is 2. The highest BCUT2D eigenvalue weighted by atomic mass is 16.5. The van der Waals surface area contributed by atoms with E-state index in [4.69, 9.17) is 0 Å². The molecule has 0 aliphatic rings. The number of H-pyrrole nitrogens is 1. The molecule has 3 heteroatoms. The average Bonchev–Trinajstić information content (AvgIpc) is 2.79. The summed E-state index contributed by atoms with van der Waals surface area (Å²) in [5.41, 5.74) is 2.24. The normalized spacial score (nSPS) is 10.9. The Morgan fingerprint density at radius 2 is 2.24 bits per heavy atom. The highest BCUT2D eigenvalue weighted by Crippen LogP contribution is 2.10. The van der Waals surface area contributed by atoms with Gasteiger partial charge >= 0.3 is 5.97 Å². The Balaban J connectivity index is 2.37. The number of nitrogens with one attached hydrogen (secondary N) is 1. The van der Waals surface area contributed by atoms with Crippen LogP contribution in [0.3, 0.4) is 0 Å². The van der Waals surface area contributed by atoms with Crippen LogP contribution in [-0.2, 0) is 16.0 Å². The standard InChI is InChI=1S/C14H21NO2/c1-3-4-5-6-7-13-10-12(11-15-13)8-9-14(16)17-2/h8-11,15H,3-7H2,1-2H3. The highest BCUT2D eigenvalue weighted by Gasteiger charge is 1.98. The van der Waals surface area contributed by atoms with Crippen molar-refractivity contribution in [3.8, 4) is 0 Å². The van der Waals surface area contributed by atoms with Crippen molar-refractivity contribution >= 4 is 12.0 Å². The Bertz CT molecular complexity index is 366. The Kier molecular flexibility index (Phi) is 6.15. The van der Waals surface area contributed by atoms with Crippen molar-refractivity contribution in [3.05, 3.63) is 29.6 Å². The van der Waals surface area contributed by atoms with Gasteiger partial charge in [0.05, 0.1) is 7.11 Å². The Labute approximate surface area is 103 Å². The van der Waals surface area contributed by atoms with Crippen molar-refractivity contribution in [2.75, 3.05) is 7.11 Å². The second kappa shape index (κ2) is 7.71. The average molecular weight is 235 g/mol. The summed E-state index contributed by atoms with van der Waals surface area (Å²) >= 11 is 0. The number of methoxy groups -OCH3 is 1. The van der Waals surface area contributed by atoms with Crippen molar-refractivity contribution in [1.29, 1.82) is 0 Å². The summed E-state index contributed by atoms with van der Waals surface area (Å²) in [6, 6.07) is 2.07. The molecule has 0 saturated heterocycles. The molecule has 1 N–H and O–H groups in total. The van der Waals surface area contributed by atoms with E-state index < -0.39 is 0 Å². The third kappa shape index (κ3) is 5.38. The van der Waals surface area contributed by atoms with Crippen LogP contribution in [0.2, 0.25) is 0 Å². The van der Waals surface area contributed by atoms with E-state index in [0.717, 1.165) is 12.0 Å². The minimum Gasteiger partial charge on any atom is -0.466 e.